The summed E-state index contributed by atoms with van der Waals surface area (Å²) in [6.45, 7) is 10.5. The van der Waals surface area contributed by atoms with Crippen LogP contribution in [0.15, 0.2) is 0 Å². The predicted octanol–water partition coefficient (Wildman–Crippen LogP) is 4.01. The monoisotopic (exact) mass is 256 g/mol. The van der Waals surface area contributed by atoms with Crippen molar-refractivity contribution in [1.82, 2.24) is 9.80 Å². The third-order valence-corrected chi connectivity index (χ3v) is 3.86. The number of unbranched alkanes of at least 4 members (excludes halogenated alkanes) is 1. The van der Waals surface area contributed by atoms with Gasteiger partial charge in [-0.15, -0.1) is 0 Å². The van der Waals surface area contributed by atoms with Crippen LogP contribution < -0.4 is 0 Å². The summed E-state index contributed by atoms with van der Waals surface area (Å²) in [5.74, 6) is 0. The Hall–Kier alpha value is -0.0800. The van der Waals surface area contributed by atoms with E-state index in [-0.39, 0.29) is 0 Å². The average molecular weight is 256 g/mol. The van der Waals surface area contributed by atoms with Crippen LogP contribution in [-0.2, 0) is 0 Å². The fraction of sp³-hybridized carbons (Fsp3) is 1.00. The summed E-state index contributed by atoms with van der Waals surface area (Å²) >= 11 is 0. The zero-order valence-corrected chi connectivity index (χ0v) is 13.5. The van der Waals surface area contributed by atoms with E-state index in [1.165, 1.54) is 64.6 Å². The average Bonchev–Trinajstić information content (AvgIpc) is 2.40. The molecule has 1 aliphatic rings. The van der Waals surface area contributed by atoms with Crippen molar-refractivity contribution < 1.29 is 0 Å². The molecule has 0 atom stereocenters. The molecule has 18 heavy (non-hydrogen) atoms. The van der Waals surface area contributed by atoms with E-state index in [0.29, 0.717) is 0 Å². The maximum atomic E-state index is 2.61. The first-order valence-electron chi connectivity index (χ1n) is 8.04. The Balaban J connectivity index is 0.000000360. The van der Waals surface area contributed by atoms with Gasteiger partial charge in [0.2, 0.25) is 0 Å². The SMILES string of the molecule is CCCCN(C)C.CCN(CC)C1CCCCC1. The second kappa shape index (κ2) is 12.0. The van der Waals surface area contributed by atoms with Gasteiger partial charge in [0.05, 0.1) is 0 Å². The second-order valence-corrected chi connectivity index (χ2v) is 5.67. The third-order valence-electron chi connectivity index (χ3n) is 3.86. The molecule has 0 radical (unpaired) electrons. The molecular weight excluding hydrogens is 220 g/mol. The molecule has 0 amide bonds. The largest absolute Gasteiger partial charge is 0.309 e. The summed E-state index contributed by atoms with van der Waals surface area (Å²) in [7, 11) is 4.21. The maximum absolute atomic E-state index is 2.61. The van der Waals surface area contributed by atoms with Gasteiger partial charge in [-0.05, 0) is 53.0 Å². The molecule has 0 aromatic heterocycles. The summed E-state index contributed by atoms with van der Waals surface area (Å²) < 4.78 is 0. The summed E-state index contributed by atoms with van der Waals surface area (Å²) in [6, 6.07) is 0.916. The van der Waals surface area contributed by atoms with E-state index in [0.717, 1.165) is 6.04 Å². The van der Waals surface area contributed by atoms with Crippen molar-refractivity contribution in [2.75, 3.05) is 33.7 Å². The lowest BCUT2D eigenvalue weighted by molar-refractivity contribution is 0.172. The summed E-state index contributed by atoms with van der Waals surface area (Å²) in [4.78, 5) is 4.82. The van der Waals surface area contributed by atoms with Crippen LogP contribution in [0.25, 0.3) is 0 Å². The van der Waals surface area contributed by atoms with Gasteiger partial charge in [0, 0.05) is 6.04 Å². The Morgan fingerprint density at radius 1 is 0.889 bits per heavy atom. The van der Waals surface area contributed by atoms with Gasteiger partial charge < -0.3 is 9.80 Å². The lowest BCUT2D eigenvalue weighted by Gasteiger charge is -2.32. The zero-order chi connectivity index (χ0) is 13.8. The number of rotatable bonds is 6. The van der Waals surface area contributed by atoms with Crippen LogP contribution in [0.5, 0.6) is 0 Å². The summed E-state index contributed by atoms with van der Waals surface area (Å²) in [5, 5.41) is 0. The quantitative estimate of drug-likeness (QED) is 0.708. The van der Waals surface area contributed by atoms with Crippen LogP contribution in [0.2, 0.25) is 0 Å². The van der Waals surface area contributed by atoms with E-state index in [1.807, 2.05) is 0 Å². The van der Waals surface area contributed by atoms with E-state index in [4.69, 9.17) is 0 Å². The number of nitrogens with zero attached hydrogens (tertiary/aromatic N) is 2. The molecule has 2 heteroatoms. The standard InChI is InChI=1S/C10H21N.C6H15N/c1-3-11(4-2)10-8-6-5-7-9-10;1-4-5-6-7(2)3/h10H,3-9H2,1-2H3;4-6H2,1-3H3. The van der Waals surface area contributed by atoms with Crippen molar-refractivity contribution in [2.45, 2.75) is 71.8 Å². The van der Waals surface area contributed by atoms with Gasteiger partial charge in [0.15, 0.2) is 0 Å². The van der Waals surface area contributed by atoms with Gasteiger partial charge in [-0.2, -0.15) is 0 Å². The highest BCUT2D eigenvalue weighted by Crippen LogP contribution is 2.21. The van der Waals surface area contributed by atoms with Crippen LogP contribution in [0.4, 0.5) is 0 Å². The Labute approximate surface area is 116 Å². The van der Waals surface area contributed by atoms with Gasteiger partial charge in [-0.1, -0.05) is 46.5 Å². The molecule has 0 N–H and O–H groups in total. The molecule has 1 fully saturated rings. The fourth-order valence-electron chi connectivity index (χ4n) is 2.66. The molecule has 0 spiro atoms. The minimum absolute atomic E-state index is 0.916. The molecular formula is C16H36N2. The molecule has 0 aromatic carbocycles. The van der Waals surface area contributed by atoms with Gasteiger partial charge in [0.1, 0.15) is 0 Å². The van der Waals surface area contributed by atoms with Gasteiger partial charge in [-0.25, -0.2) is 0 Å². The molecule has 1 rings (SSSR count). The van der Waals surface area contributed by atoms with Crippen molar-refractivity contribution in [3.05, 3.63) is 0 Å². The first-order valence-corrected chi connectivity index (χ1v) is 8.04. The molecule has 0 saturated heterocycles. The predicted molar refractivity (Wildman–Crippen MR) is 83.3 cm³/mol. The first-order chi connectivity index (χ1) is 8.65. The third kappa shape index (κ3) is 8.93. The molecule has 0 heterocycles. The molecule has 0 aromatic rings. The Bertz CT molecular complexity index is 158. The van der Waals surface area contributed by atoms with Crippen molar-refractivity contribution in [1.29, 1.82) is 0 Å². The minimum Gasteiger partial charge on any atom is -0.309 e. The molecule has 2 nitrogen and oxygen atoms in total. The van der Waals surface area contributed by atoms with Crippen LogP contribution in [-0.4, -0.2) is 49.6 Å². The molecule has 0 unspecified atom stereocenters. The van der Waals surface area contributed by atoms with Crippen molar-refractivity contribution in [2.24, 2.45) is 0 Å². The molecule has 0 bridgehead atoms. The highest BCUT2D eigenvalue weighted by Gasteiger charge is 2.17. The van der Waals surface area contributed by atoms with E-state index in [1.54, 1.807) is 0 Å². The van der Waals surface area contributed by atoms with Crippen LogP contribution in [0, 0.1) is 0 Å². The lowest BCUT2D eigenvalue weighted by atomic mass is 9.94. The lowest BCUT2D eigenvalue weighted by Crippen LogP contribution is -2.36. The highest BCUT2D eigenvalue weighted by atomic mass is 15.1. The van der Waals surface area contributed by atoms with Gasteiger partial charge in [0.25, 0.3) is 0 Å². The van der Waals surface area contributed by atoms with Crippen molar-refractivity contribution >= 4 is 0 Å². The summed E-state index contributed by atoms with van der Waals surface area (Å²) in [5.41, 5.74) is 0. The van der Waals surface area contributed by atoms with Crippen LogP contribution in [0.1, 0.15) is 65.7 Å². The van der Waals surface area contributed by atoms with Crippen LogP contribution >= 0.6 is 0 Å². The second-order valence-electron chi connectivity index (χ2n) is 5.67. The van der Waals surface area contributed by atoms with Crippen LogP contribution in [0.3, 0.4) is 0 Å². The Morgan fingerprint density at radius 2 is 1.44 bits per heavy atom. The number of hydrogen-bond acceptors (Lipinski definition) is 2. The zero-order valence-electron chi connectivity index (χ0n) is 13.5. The van der Waals surface area contributed by atoms with Gasteiger partial charge in [-0.3, -0.25) is 0 Å². The fourth-order valence-corrected chi connectivity index (χ4v) is 2.66. The van der Waals surface area contributed by atoms with Crippen molar-refractivity contribution in [3.63, 3.8) is 0 Å². The minimum atomic E-state index is 0.916. The molecule has 110 valence electrons. The Kier molecular flexibility index (Phi) is 11.9. The van der Waals surface area contributed by atoms with E-state index in [2.05, 4.69) is 44.7 Å². The Morgan fingerprint density at radius 3 is 1.78 bits per heavy atom. The molecule has 1 saturated carbocycles. The van der Waals surface area contributed by atoms with E-state index < -0.39 is 0 Å². The topological polar surface area (TPSA) is 6.48 Å². The molecule has 1 aliphatic carbocycles. The smallest absolute Gasteiger partial charge is 0.00950 e. The maximum Gasteiger partial charge on any atom is 0.00950 e. The van der Waals surface area contributed by atoms with Crippen molar-refractivity contribution in [3.8, 4) is 0 Å². The van der Waals surface area contributed by atoms with Gasteiger partial charge >= 0.3 is 0 Å². The number of hydrogen-bond donors (Lipinski definition) is 0. The van der Waals surface area contributed by atoms with E-state index in [9.17, 15) is 0 Å². The molecule has 0 aliphatic heterocycles. The first kappa shape index (κ1) is 17.9. The highest BCUT2D eigenvalue weighted by molar-refractivity contribution is 4.73. The van der Waals surface area contributed by atoms with E-state index >= 15 is 0 Å². The summed E-state index contributed by atoms with van der Waals surface area (Å²) in [6.07, 6.45) is 9.91. The normalized spacial score (nSPS) is 16.8.